The van der Waals surface area contributed by atoms with Gasteiger partial charge in [0, 0.05) is 11.7 Å². The fourth-order valence-electron chi connectivity index (χ4n) is 2.72. The van der Waals surface area contributed by atoms with Gasteiger partial charge in [0.2, 0.25) is 0 Å². The highest BCUT2D eigenvalue weighted by molar-refractivity contribution is 6.31. The maximum Gasteiger partial charge on any atom is 0.141 e. The van der Waals surface area contributed by atoms with Crippen molar-refractivity contribution in [3.05, 3.63) is 58.9 Å². The number of hydrogen-bond donors (Lipinski definition) is 1. The first-order valence-electron chi connectivity index (χ1n) is 7.01. The van der Waals surface area contributed by atoms with Gasteiger partial charge in [0.1, 0.15) is 11.6 Å². The van der Waals surface area contributed by atoms with E-state index >= 15 is 0 Å². The molecule has 2 nitrogen and oxygen atoms in total. The topological polar surface area (TPSA) is 21.3 Å². The molecule has 1 N–H and O–H groups in total. The lowest BCUT2D eigenvalue weighted by Crippen LogP contribution is -2.34. The molecule has 1 aliphatic rings. The third kappa shape index (κ3) is 3.13. The van der Waals surface area contributed by atoms with Crippen molar-refractivity contribution < 1.29 is 9.13 Å². The van der Waals surface area contributed by atoms with Crippen LogP contribution in [0.5, 0.6) is 5.75 Å². The molecule has 0 aliphatic heterocycles. The monoisotopic (exact) mass is 305 g/mol. The Morgan fingerprint density at radius 2 is 2.00 bits per heavy atom. The van der Waals surface area contributed by atoms with E-state index in [4.69, 9.17) is 16.3 Å². The molecule has 21 heavy (non-hydrogen) atoms. The van der Waals surface area contributed by atoms with Crippen molar-refractivity contribution in [3.63, 3.8) is 0 Å². The van der Waals surface area contributed by atoms with Gasteiger partial charge in [0.15, 0.2) is 0 Å². The lowest BCUT2D eigenvalue weighted by atomic mass is 9.76. The molecule has 0 amide bonds. The zero-order valence-electron chi connectivity index (χ0n) is 11.8. The van der Waals surface area contributed by atoms with Crippen LogP contribution >= 0.6 is 11.6 Å². The van der Waals surface area contributed by atoms with Gasteiger partial charge in [-0.1, -0.05) is 23.7 Å². The van der Waals surface area contributed by atoms with Crippen LogP contribution in [0, 0.1) is 5.82 Å². The lowest BCUT2D eigenvalue weighted by Gasteiger charge is -2.37. The molecule has 4 heteroatoms. The summed E-state index contributed by atoms with van der Waals surface area (Å²) in [5.74, 6) is 1.06. The molecule has 2 aromatic carbocycles. The number of ether oxygens (including phenoxy) is 1. The predicted octanol–water partition coefficient (Wildman–Crippen LogP) is 4.85. The molecule has 0 saturated heterocycles. The molecule has 0 bridgehead atoms. The summed E-state index contributed by atoms with van der Waals surface area (Å²) in [7, 11) is 1.68. The van der Waals surface area contributed by atoms with Gasteiger partial charge < -0.3 is 10.1 Å². The minimum atomic E-state index is -0.384. The van der Waals surface area contributed by atoms with E-state index in [9.17, 15) is 4.39 Å². The maximum atomic E-state index is 13.1. The molecule has 1 saturated carbocycles. The van der Waals surface area contributed by atoms with Gasteiger partial charge in [-0.15, -0.1) is 0 Å². The first kappa shape index (κ1) is 14.2. The third-order valence-electron chi connectivity index (χ3n) is 3.99. The van der Waals surface area contributed by atoms with Crippen LogP contribution in [-0.4, -0.2) is 13.2 Å². The van der Waals surface area contributed by atoms with Gasteiger partial charge in [-0.05, 0) is 54.7 Å². The highest BCUT2D eigenvalue weighted by atomic mass is 35.5. The van der Waals surface area contributed by atoms with E-state index in [1.165, 1.54) is 11.6 Å². The fraction of sp³-hybridized carbons (Fsp3) is 0.294. The Morgan fingerprint density at radius 3 is 2.71 bits per heavy atom. The molecular formula is C17H17ClFNO. The molecule has 0 spiro atoms. The van der Waals surface area contributed by atoms with Crippen LogP contribution in [0.25, 0.3) is 0 Å². The maximum absolute atomic E-state index is 13.1. The van der Waals surface area contributed by atoms with E-state index in [0.717, 1.165) is 24.3 Å². The van der Waals surface area contributed by atoms with Crippen molar-refractivity contribution in [1.29, 1.82) is 0 Å². The summed E-state index contributed by atoms with van der Waals surface area (Å²) in [6, 6.07) is 13.4. The molecule has 110 valence electrons. The van der Waals surface area contributed by atoms with Crippen LogP contribution in [0.4, 0.5) is 10.1 Å². The molecule has 0 unspecified atom stereocenters. The van der Waals surface area contributed by atoms with E-state index in [1.54, 1.807) is 19.2 Å². The van der Waals surface area contributed by atoms with Crippen molar-refractivity contribution in [2.24, 2.45) is 0 Å². The van der Waals surface area contributed by atoms with Crippen LogP contribution in [-0.2, 0) is 0 Å². The highest BCUT2D eigenvalue weighted by Crippen LogP contribution is 2.39. The second-order valence-corrected chi connectivity index (χ2v) is 5.82. The smallest absolute Gasteiger partial charge is 0.141 e. The van der Waals surface area contributed by atoms with Gasteiger partial charge in [-0.25, -0.2) is 4.39 Å². The second-order valence-electron chi connectivity index (χ2n) is 5.42. The normalized spacial score (nSPS) is 20.7. The lowest BCUT2D eigenvalue weighted by molar-refractivity contribution is 0.370. The Morgan fingerprint density at radius 1 is 1.19 bits per heavy atom. The predicted molar refractivity (Wildman–Crippen MR) is 83.8 cm³/mol. The number of halogens is 2. The van der Waals surface area contributed by atoms with E-state index in [0.29, 0.717) is 12.0 Å². The summed E-state index contributed by atoms with van der Waals surface area (Å²) in [5, 5.41) is 3.55. The molecule has 0 aromatic heterocycles. The van der Waals surface area contributed by atoms with E-state index in [2.05, 4.69) is 17.4 Å². The minimum absolute atomic E-state index is 0.156. The Balaban J connectivity index is 1.59. The molecule has 3 rings (SSSR count). The molecule has 2 aromatic rings. The van der Waals surface area contributed by atoms with E-state index < -0.39 is 0 Å². The standard InChI is InChI=1S/C17H17ClFNO/c1-21-15-4-2-3-11(9-15)12-7-14(8-12)20-13-5-6-17(19)16(18)10-13/h2-6,9-10,12,14,20H,7-8H2,1H3. The number of benzene rings is 2. The summed E-state index contributed by atoms with van der Waals surface area (Å²) in [4.78, 5) is 0. The zero-order valence-corrected chi connectivity index (χ0v) is 12.5. The van der Waals surface area contributed by atoms with Crippen LogP contribution in [0.3, 0.4) is 0 Å². The van der Waals surface area contributed by atoms with Crippen LogP contribution in [0.2, 0.25) is 5.02 Å². The van der Waals surface area contributed by atoms with Crippen LogP contribution < -0.4 is 10.1 Å². The van der Waals surface area contributed by atoms with Crippen molar-refractivity contribution >= 4 is 17.3 Å². The Labute approximate surface area is 128 Å². The molecule has 0 radical (unpaired) electrons. The fourth-order valence-corrected chi connectivity index (χ4v) is 2.91. The largest absolute Gasteiger partial charge is 0.497 e. The highest BCUT2D eigenvalue weighted by Gasteiger charge is 2.30. The second kappa shape index (κ2) is 5.94. The van der Waals surface area contributed by atoms with Crippen molar-refractivity contribution in [1.82, 2.24) is 0 Å². The third-order valence-corrected chi connectivity index (χ3v) is 4.28. The number of rotatable bonds is 4. The SMILES string of the molecule is COc1cccc(C2CC(Nc3ccc(F)c(Cl)c3)C2)c1. The minimum Gasteiger partial charge on any atom is -0.497 e. The van der Waals surface area contributed by atoms with E-state index in [1.807, 2.05) is 12.1 Å². The Bertz CT molecular complexity index is 640. The summed E-state index contributed by atoms with van der Waals surface area (Å²) in [5.41, 5.74) is 2.18. The molecule has 1 fully saturated rings. The average Bonchev–Trinajstić information content (AvgIpc) is 2.46. The molecular weight excluding hydrogens is 289 g/mol. The van der Waals surface area contributed by atoms with Crippen molar-refractivity contribution in [2.75, 3.05) is 12.4 Å². The average molecular weight is 306 g/mol. The van der Waals surface area contributed by atoms with Gasteiger partial charge >= 0.3 is 0 Å². The van der Waals surface area contributed by atoms with Gasteiger partial charge in [0.25, 0.3) is 0 Å². The first-order chi connectivity index (χ1) is 10.2. The van der Waals surface area contributed by atoms with E-state index in [-0.39, 0.29) is 10.8 Å². The molecule has 1 aliphatic carbocycles. The van der Waals surface area contributed by atoms with Crippen molar-refractivity contribution in [3.8, 4) is 5.75 Å². The summed E-state index contributed by atoms with van der Waals surface area (Å²) < 4.78 is 18.4. The quantitative estimate of drug-likeness (QED) is 0.872. The summed E-state index contributed by atoms with van der Waals surface area (Å²) >= 11 is 5.79. The number of nitrogens with one attached hydrogen (secondary N) is 1. The van der Waals surface area contributed by atoms with Crippen molar-refractivity contribution in [2.45, 2.75) is 24.8 Å². The number of hydrogen-bond acceptors (Lipinski definition) is 2. The van der Waals surface area contributed by atoms with Crippen LogP contribution in [0.1, 0.15) is 24.3 Å². The van der Waals surface area contributed by atoms with Gasteiger partial charge in [-0.2, -0.15) is 0 Å². The van der Waals surface area contributed by atoms with Gasteiger partial charge in [-0.3, -0.25) is 0 Å². The Kier molecular flexibility index (Phi) is 4.02. The first-order valence-corrected chi connectivity index (χ1v) is 7.39. The summed E-state index contributed by atoms with van der Waals surface area (Å²) in [6.45, 7) is 0. The zero-order chi connectivity index (χ0) is 14.8. The molecule has 0 heterocycles. The summed E-state index contributed by atoms with van der Waals surface area (Å²) in [6.07, 6.45) is 2.12. The van der Waals surface area contributed by atoms with Crippen LogP contribution in [0.15, 0.2) is 42.5 Å². The molecule has 0 atom stereocenters. The number of methoxy groups -OCH3 is 1. The Hall–Kier alpha value is -1.74. The number of anilines is 1. The van der Waals surface area contributed by atoms with Gasteiger partial charge in [0.05, 0.1) is 12.1 Å².